The van der Waals surface area contributed by atoms with Crippen LogP contribution in [0.4, 0.5) is 0 Å². The molecule has 0 unspecified atom stereocenters. The molecule has 1 heterocycles. The van der Waals surface area contributed by atoms with E-state index in [1.807, 2.05) is 42.5 Å². The maximum Gasteiger partial charge on any atom is 0.258 e. The lowest BCUT2D eigenvalue weighted by Crippen LogP contribution is -2.27. The van der Waals surface area contributed by atoms with Crippen LogP contribution in [0.5, 0.6) is 5.75 Å². The van der Waals surface area contributed by atoms with Crippen LogP contribution >= 0.6 is 11.6 Å². The van der Waals surface area contributed by atoms with Gasteiger partial charge in [0.25, 0.3) is 5.91 Å². The molecule has 0 saturated heterocycles. The molecular weight excluding hydrogens is 360 g/mol. The van der Waals surface area contributed by atoms with Crippen molar-refractivity contribution in [3.05, 3.63) is 77.9 Å². The average Bonchev–Trinajstić information content (AvgIpc) is 3.18. The number of amides is 1. The number of ether oxygens (including phenoxy) is 1. The highest BCUT2D eigenvalue weighted by Gasteiger charge is 2.33. The fourth-order valence-corrected chi connectivity index (χ4v) is 3.65. The molecule has 5 heteroatoms. The first-order valence-electron chi connectivity index (χ1n) is 8.79. The Morgan fingerprint density at radius 2 is 1.85 bits per heavy atom. The first kappa shape index (κ1) is 17.6. The van der Waals surface area contributed by atoms with Crippen molar-refractivity contribution in [3.63, 3.8) is 0 Å². The summed E-state index contributed by atoms with van der Waals surface area (Å²) in [6, 6.07) is 21.9. The average molecular weight is 379 g/mol. The van der Waals surface area contributed by atoms with Gasteiger partial charge in [-0.3, -0.25) is 4.79 Å². The molecule has 0 spiro atoms. The number of benzene rings is 3. The van der Waals surface area contributed by atoms with E-state index in [2.05, 4.69) is 29.4 Å². The van der Waals surface area contributed by atoms with E-state index < -0.39 is 0 Å². The molecule has 1 amide bonds. The molecule has 0 aliphatic carbocycles. The fourth-order valence-electron chi connectivity index (χ4n) is 3.53. The predicted octanol–water partition coefficient (Wildman–Crippen LogP) is 4.76. The molecule has 0 aromatic heterocycles. The number of methoxy groups -OCH3 is 1. The molecule has 136 valence electrons. The molecule has 4 rings (SSSR count). The third-order valence-corrected chi connectivity index (χ3v) is 5.11. The fraction of sp³-hybridized carbons (Fsp3) is 0.182. The zero-order valence-electron chi connectivity index (χ0n) is 14.9. The van der Waals surface area contributed by atoms with Crippen molar-refractivity contribution in [2.24, 2.45) is 5.10 Å². The van der Waals surface area contributed by atoms with Crippen molar-refractivity contribution in [2.75, 3.05) is 13.0 Å². The Balaban J connectivity index is 1.75. The van der Waals surface area contributed by atoms with Crippen LogP contribution in [0.2, 0.25) is 0 Å². The molecular formula is C22H19ClN2O2. The second-order valence-corrected chi connectivity index (χ2v) is 6.71. The molecule has 3 aromatic rings. The summed E-state index contributed by atoms with van der Waals surface area (Å²) in [7, 11) is 1.63. The van der Waals surface area contributed by atoms with Crippen molar-refractivity contribution in [2.45, 2.75) is 12.5 Å². The SMILES string of the molecule is COc1ccc([C@H]2CC(c3cccc4ccccc34)=NN2C(=O)CCl)cc1. The highest BCUT2D eigenvalue weighted by Crippen LogP contribution is 2.35. The Morgan fingerprint density at radius 3 is 2.59 bits per heavy atom. The molecule has 1 atom stereocenters. The second-order valence-electron chi connectivity index (χ2n) is 6.44. The van der Waals surface area contributed by atoms with Crippen LogP contribution in [0.1, 0.15) is 23.6 Å². The van der Waals surface area contributed by atoms with Gasteiger partial charge in [-0.15, -0.1) is 11.6 Å². The van der Waals surface area contributed by atoms with Gasteiger partial charge < -0.3 is 4.74 Å². The van der Waals surface area contributed by atoms with Gasteiger partial charge in [0.1, 0.15) is 11.6 Å². The third kappa shape index (κ3) is 3.28. The maximum atomic E-state index is 12.4. The summed E-state index contributed by atoms with van der Waals surface area (Å²) in [4.78, 5) is 12.4. The van der Waals surface area contributed by atoms with Crippen molar-refractivity contribution >= 4 is 34.0 Å². The number of rotatable bonds is 4. The number of halogens is 1. The third-order valence-electron chi connectivity index (χ3n) is 4.88. The number of carbonyl (C=O) groups excluding carboxylic acids is 1. The van der Waals surface area contributed by atoms with Gasteiger partial charge in [-0.2, -0.15) is 5.10 Å². The number of nitrogens with zero attached hydrogens (tertiary/aromatic N) is 2. The highest BCUT2D eigenvalue weighted by molar-refractivity contribution is 6.27. The lowest BCUT2D eigenvalue weighted by molar-refractivity contribution is -0.130. The minimum atomic E-state index is -0.201. The van der Waals surface area contributed by atoms with Gasteiger partial charge in [0.15, 0.2) is 0 Å². The number of fused-ring (bicyclic) bond motifs is 1. The van der Waals surface area contributed by atoms with Crippen LogP contribution in [-0.4, -0.2) is 29.6 Å². The van der Waals surface area contributed by atoms with Gasteiger partial charge >= 0.3 is 0 Å². The normalized spacial score (nSPS) is 16.4. The van der Waals surface area contributed by atoms with Crippen LogP contribution in [-0.2, 0) is 4.79 Å². The summed E-state index contributed by atoms with van der Waals surface area (Å²) < 4.78 is 5.24. The number of hydrogen-bond acceptors (Lipinski definition) is 3. The molecule has 4 nitrogen and oxygen atoms in total. The monoisotopic (exact) mass is 378 g/mol. The van der Waals surface area contributed by atoms with E-state index in [1.165, 1.54) is 5.01 Å². The maximum absolute atomic E-state index is 12.4. The lowest BCUT2D eigenvalue weighted by Gasteiger charge is -2.21. The Kier molecular flexibility index (Phi) is 4.82. The van der Waals surface area contributed by atoms with Gasteiger partial charge in [0.05, 0.1) is 18.9 Å². The van der Waals surface area contributed by atoms with Gasteiger partial charge in [-0.25, -0.2) is 5.01 Å². The number of carbonyl (C=O) groups is 1. The van der Waals surface area contributed by atoms with Crippen molar-refractivity contribution in [1.29, 1.82) is 0 Å². The summed E-state index contributed by atoms with van der Waals surface area (Å²) >= 11 is 5.84. The van der Waals surface area contributed by atoms with Gasteiger partial charge in [0.2, 0.25) is 0 Å². The molecule has 3 aromatic carbocycles. The van der Waals surface area contributed by atoms with E-state index in [-0.39, 0.29) is 17.8 Å². The quantitative estimate of drug-likeness (QED) is 0.614. The van der Waals surface area contributed by atoms with Gasteiger partial charge in [-0.05, 0) is 28.5 Å². The molecule has 0 saturated carbocycles. The van der Waals surface area contributed by atoms with Crippen LogP contribution in [0.25, 0.3) is 10.8 Å². The van der Waals surface area contributed by atoms with Crippen molar-refractivity contribution < 1.29 is 9.53 Å². The molecule has 1 aliphatic heterocycles. The van der Waals surface area contributed by atoms with Crippen molar-refractivity contribution in [1.82, 2.24) is 5.01 Å². The van der Waals surface area contributed by atoms with Crippen LogP contribution in [0.15, 0.2) is 71.8 Å². The lowest BCUT2D eigenvalue weighted by atomic mass is 9.95. The minimum Gasteiger partial charge on any atom is -0.497 e. The van der Waals surface area contributed by atoms with Gasteiger partial charge in [0, 0.05) is 12.0 Å². The van der Waals surface area contributed by atoms with E-state index >= 15 is 0 Å². The number of alkyl halides is 1. The largest absolute Gasteiger partial charge is 0.497 e. The molecule has 0 radical (unpaired) electrons. The Labute approximate surface area is 163 Å². The molecule has 0 bridgehead atoms. The van der Waals surface area contributed by atoms with E-state index in [4.69, 9.17) is 16.3 Å². The van der Waals surface area contributed by atoms with Crippen LogP contribution in [0, 0.1) is 0 Å². The predicted molar refractivity (Wildman–Crippen MR) is 108 cm³/mol. The van der Waals surface area contributed by atoms with E-state index in [1.54, 1.807) is 7.11 Å². The Hall–Kier alpha value is -2.85. The summed E-state index contributed by atoms with van der Waals surface area (Å²) in [5.41, 5.74) is 2.95. The first-order chi connectivity index (χ1) is 13.2. The number of hydrogen-bond donors (Lipinski definition) is 0. The second kappa shape index (κ2) is 7.41. The zero-order valence-corrected chi connectivity index (χ0v) is 15.7. The summed E-state index contributed by atoms with van der Waals surface area (Å²) in [6.45, 7) is 0. The standard InChI is InChI=1S/C22H19ClN2O2/c1-27-17-11-9-16(10-12-17)21-13-20(24-25(21)22(26)14-23)19-8-4-6-15-5-2-3-7-18(15)19/h2-12,21H,13-14H2,1H3/t21-/m1/s1. The van der Waals surface area contributed by atoms with Crippen LogP contribution in [0.3, 0.4) is 0 Å². The molecule has 0 N–H and O–H groups in total. The van der Waals surface area contributed by atoms with Gasteiger partial charge in [-0.1, -0.05) is 54.6 Å². The zero-order chi connectivity index (χ0) is 18.8. The topological polar surface area (TPSA) is 41.9 Å². The highest BCUT2D eigenvalue weighted by atomic mass is 35.5. The van der Waals surface area contributed by atoms with Crippen LogP contribution < -0.4 is 4.74 Å². The Bertz CT molecular complexity index is 1010. The summed E-state index contributed by atoms with van der Waals surface area (Å²) in [6.07, 6.45) is 0.642. The number of hydrazone groups is 1. The first-order valence-corrected chi connectivity index (χ1v) is 9.32. The van der Waals surface area contributed by atoms with E-state index in [0.717, 1.165) is 33.4 Å². The smallest absolute Gasteiger partial charge is 0.258 e. The Morgan fingerprint density at radius 1 is 1.11 bits per heavy atom. The summed E-state index contributed by atoms with van der Waals surface area (Å²) in [5, 5.41) is 8.47. The van der Waals surface area contributed by atoms with E-state index in [0.29, 0.717) is 6.42 Å². The molecule has 1 aliphatic rings. The molecule has 27 heavy (non-hydrogen) atoms. The summed E-state index contributed by atoms with van der Waals surface area (Å²) in [5.74, 6) is 0.480. The molecule has 0 fully saturated rings. The van der Waals surface area contributed by atoms with Crippen molar-refractivity contribution in [3.8, 4) is 5.75 Å². The minimum absolute atomic E-state index is 0.0982. The van der Waals surface area contributed by atoms with E-state index in [9.17, 15) is 4.79 Å².